The minimum absolute atomic E-state index is 0.0949. The van der Waals surface area contributed by atoms with Gasteiger partial charge in [0, 0.05) is 37.8 Å². The lowest BCUT2D eigenvalue weighted by atomic mass is 10.1. The van der Waals surface area contributed by atoms with Gasteiger partial charge in [0.15, 0.2) is 0 Å². The van der Waals surface area contributed by atoms with Crippen molar-refractivity contribution in [1.29, 1.82) is 0 Å². The van der Waals surface area contributed by atoms with Gasteiger partial charge in [-0.05, 0) is 19.1 Å². The second-order valence-corrected chi connectivity index (χ2v) is 5.76. The summed E-state index contributed by atoms with van der Waals surface area (Å²) < 4.78 is 12.4. The molecule has 0 atom stereocenters. The molecule has 6 nitrogen and oxygen atoms in total. The molecular weight excluding hydrogens is 308 g/mol. The van der Waals surface area contributed by atoms with E-state index in [1.54, 1.807) is 19.2 Å². The van der Waals surface area contributed by atoms with Gasteiger partial charge in [0.2, 0.25) is 5.43 Å². The molecule has 1 aliphatic heterocycles. The maximum Gasteiger partial charge on any atom is 0.343 e. The Bertz CT molecular complexity index is 778. The van der Waals surface area contributed by atoms with Crippen LogP contribution in [0.1, 0.15) is 17.3 Å². The molecule has 2 aromatic rings. The van der Waals surface area contributed by atoms with Gasteiger partial charge in [0.25, 0.3) is 0 Å². The summed E-state index contributed by atoms with van der Waals surface area (Å²) in [6.45, 7) is 6.84. The van der Waals surface area contributed by atoms with Gasteiger partial charge in [0.1, 0.15) is 5.56 Å². The van der Waals surface area contributed by atoms with Gasteiger partial charge in [-0.1, -0.05) is 12.1 Å². The first kappa shape index (κ1) is 16.7. The summed E-state index contributed by atoms with van der Waals surface area (Å²) in [5, 5.41) is 0.546. The molecule has 0 bridgehead atoms. The second kappa shape index (κ2) is 7.59. The van der Waals surface area contributed by atoms with Crippen LogP contribution in [-0.2, 0) is 16.0 Å². The van der Waals surface area contributed by atoms with Gasteiger partial charge in [-0.3, -0.25) is 9.69 Å². The van der Waals surface area contributed by atoms with Gasteiger partial charge in [-0.15, -0.1) is 0 Å². The molecule has 1 aromatic heterocycles. The van der Waals surface area contributed by atoms with E-state index in [9.17, 15) is 9.59 Å². The molecule has 0 aliphatic carbocycles. The smallest absolute Gasteiger partial charge is 0.343 e. The number of rotatable bonds is 5. The van der Waals surface area contributed by atoms with Crippen molar-refractivity contribution in [3.63, 3.8) is 0 Å². The molecule has 0 unspecified atom stereocenters. The van der Waals surface area contributed by atoms with Crippen LogP contribution in [0, 0.1) is 0 Å². The van der Waals surface area contributed by atoms with Crippen molar-refractivity contribution in [3.05, 3.63) is 46.2 Å². The third-order valence-electron chi connectivity index (χ3n) is 4.24. The summed E-state index contributed by atoms with van der Waals surface area (Å²) in [6.07, 6.45) is 1.63. The Morgan fingerprint density at radius 3 is 2.71 bits per heavy atom. The number of esters is 1. The van der Waals surface area contributed by atoms with E-state index in [4.69, 9.17) is 9.47 Å². The number of aromatic nitrogens is 1. The first-order chi connectivity index (χ1) is 11.7. The van der Waals surface area contributed by atoms with E-state index in [0.29, 0.717) is 11.9 Å². The molecule has 3 rings (SSSR count). The fourth-order valence-corrected chi connectivity index (χ4v) is 2.96. The molecule has 0 N–H and O–H groups in total. The van der Waals surface area contributed by atoms with Crippen molar-refractivity contribution in [2.24, 2.45) is 0 Å². The Labute approximate surface area is 140 Å². The molecule has 1 aliphatic rings. The summed E-state index contributed by atoms with van der Waals surface area (Å²) in [5.74, 6) is -0.562. The zero-order valence-corrected chi connectivity index (χ0v) is 13.9. The summed E-state index contributed by atoms with van der Waals surface area (Å²) in [4.78, 5) is 27.0. The highest BCUT2D eigenvalue weighted by Crippen LogP contribution is 2.13. The molecule has 2 heterocycles. The average Bonchev–Trinajstić information content (AvgIpc) is 2.62. The highest BCUT2D eigenvalue weighted by molar-refractivity contribution is 5.93. The molecule has 1 saturated heterocycles. The quantitative estimate of drug-likeness (QED) is 0.778. The molecule has 24 heavy (non-hydrogen) atoms. The van der Waals surface area contributed by atoms with Crippen molar-refractivity contribution < 1.29 is 14.3 Å². The monoisotopic (exact) mass is 330 g/mol. The molecule has 0 spiro atoms. The Morgan fingerprint density at radius 1 is 1.21 bits per heavy atom. The number of hydrogen-bond acceptors (Lipinski definition) is 5. The fourth-order valence-electron chi connectivity index (χ4n) is 2.96. The number of hydrogen-bond donors (Lipinski definition) is 0. The number of fused-ring (bicyclic) bond motifs is 1. The molecular formula is C18H22N2O4. The van der Waals surface area contributed by atoms with Crippen molar-refractivity contribution >= 4 is 16.9 Å². The molecule has 0 saturated carbocycles. The van der Waals surface area contributed by atoms with Gasteiger partial charge >= 0.3 is 5.97 Å². The first-order valence-corrected chi connectivity index (χ1v) is 8.30. The Morgan fingerprint density at radius 2 is 1.96 bits per heavy atom. The van der Waals surface area contributed by atoms with E-state index in [0.717, 1.165) is 38.4 Å². The van der Waals surface area contributed by atoms with Crippen molar-refractivity contribution in [3.8, 4) is 0 Å². The standard InChI is InChI=1S/C18H22N2O4/c1-2-24-18(22)15-13-20(8-7-19-9-11-23-12-10-19)16-6-4-3-5-14(16)17(15)21/h3-6,13H,2,7-12H2,1H3. The third kappa shape index (κ3) is 3.49. The number of nitrogens with zero attached hydrogens (tertiary/aromatic N) is 2. The average molecular weight is 330 g/mol. The molecule has 0 amide bonds. The van der Waals surface area contributed by atoms with E-state index in [1.165, 1.54) is 0 Å². The normalized spacial score (nSPS) is 15.5. The Kier molecular flexibility index (Phi) is 5.27. The number of benzene rings is 1. The lowest BCUT2D eigenvalue weighted by molar-refractivity contribution is 0.0365. The van der Waals surface area contributed by atoms with Crippen LogP contribution in [-0.4, -0.2) is 54.9 Å². The summed E-state index contributed by atoms with van der Waals surface area (Å²) in [6, 6.07) is 7.37. The number of morpholine rings is 1. The first-order valence-electron chi connectivity index (χ1n) is 8.30. The van der Waals surface area contributed by atoms with Crippen molar-refractivity contribution in [2.75, 3.05) is 39.5 Å². The van der Waals surface area contributed by atoms with Crippen LogP contribution in [0.5, 0.6) is 0 Å². The van der Waals surface area contributed by atoms with Crippen molar-refractivity contribution in [1.82, 2.24) is 9.47 Å². The fraction of sp³-hybridized carbons (Fsp3) is 0.444. The Balaban J connectivity index is 1.94. The van der Waals surface area contributed by atoms with Crippen LogP contribution >= 0.6 is 0 Å². The maximum absolute atomic E-state index is 12.6. The van der Waals surface area contributed by atoms with Gasteiger partial charge in [-0.25, -0.2) is 4.79 Å². The van der Waals surface area contributed by atoms with Gasteiger partial charge in [-0.2, -0.15) is 0 Å². The highest BCUT2D eigenvalue weighted by atomic mass is 16.5. The maximum atomic E-state index is 12.6. The topological polar surface area (TPSA) is 60.8 Å². The predicted molar refractivity (Wildman–Crippen MR) is 91.4 cm³/mol. The van der Waals surface area contributed by atoms with E-state index < -0.39 is 5.97 Å². The van der Waals surface area contributed by atoms with E-state index in [1.807, 2.05) is 22.8 Å². The molecule has 1 aromatic carbocycles. The van der Waals surface area contributed by atoms with Crippen LogP contribution in [0.2, 0.25) is 0 Å². The lowest BCUT2D eigenvalue weighted by Gasteiger charge is -2.27. The number of carbonyl (C=O) groups is 1. The van der Waals surface area contributed by atoms with Crippen LogP contribution in [0.15, 0.2) is 35.3 Å². The van der Waals surface area contributed by atoms with Crippen LogP contribution in [0.25, 0.3) is 10.9 Å². The number of carbonyl (C=O) groups excluding carboxylic acids is 1. The zero-order chi connectivity index (χ0) is 16.9. The number of ether oxygens (including phenoxy) is 2. The zero-order valence-electron chi connectivity index (χ0n) is 13.9. The van der Waals surface area contributed by atoms with Gasteiger partial charge < -0.3 is 14.0 Å². The largest absolute Gasteiger partial charge is 0.462 e. The predicted octanol–water partition coefficient (Wildman–Crippen LogP) is 1.51. The third-order valence-corrected chi connectivity index (χ3v) is 4.24. The summed E-state index contributed by atoms with van der Waals surface area (Å²) in [7, 11) is 0. The molecule has 1 fully saturated rings. The lowest BCUT2D eigenvalue weighted by Crippen LogP contribution is -2.38. The number of pyridine rings is 1. The highest BCUT2D eigenvalue weighted by Gasteiger charge is 2.17. The minimum Gasteiger partial charge on any atom is -0.462 e. The molecule has 128 valence electrons. The van der Waals surface area contributed by atoms with E-state index in [2.05, 4.69) is 4.90 Å². The van der Waals surface area contributed by atoms with E-state index in [-0.39, 0.29) is 17.6 Å². The van der Waals surface area contributed by atoms with Crippen LogP contribution in [0.4, 0.5) is 0 Å². The van der Waals surface area contributed by atoms with Crippen molar-refractivity contribution in [2.45, 2.75) is 13.5 Å². The number of para-hydroxylation sites is 1. The minimum atomic E-state index is -0.562. The summed E-state index contributed by atoms with van der Waals surface area (Å²) in [5.41, 5.74) is 0.660. The van der Waals surface area contributed by atoms with Crippen LogP contribution < -0.4 is 5.43 Å². The summed E-state index contributed by atoms with van der Waals surface area (Å²) >= 11 is 0. The molecule has 0 radical (unpaired) electrons. The van der Waals surface area contributed by atoms with E-state index >= 15 is 0 Å². The SMILES string of the molecule is CCOC(=O)c1cn(CCN2CCOCC2)c2ccccc2c1=O. The van der Waals surface area contributed by atoms with Crippen LogP contribution in [0.3, 0.4) is 0 Å². The molecule has 6 heteroatoms. The second-order valence-electron chi connectivity index (χ2n) is 5.76. The van der Waals surface area contributed by atoms with Gasteiger partial charge in [0.05, 0.1) is 25.3 Å². The Hall–Kier alpha value is -2.18.